The smallest absolute Gasteiger partial charge is 0.125 e. The van der Waals surface area contributed by atoms with E-state index in [1.807, 2.05) is 49.4 Å². The molecule has 32 heavy (non-hydrogen) atoms. The van der Waals surface area contributed by atoms with Crippen LogP contribution in [0.5, 0.6) is 5.75 Å². The summed E-state index contributed by atoms with van der Waals surface area (Å²) < 4.78 is 0. The molecule has 0 saturated carbocycles. The third-order valence-electron chi connectivity index (χ3n) is 6.11. The van der Waals surface area contributed by atoms with Crippen molar-refractivity contribution >= 4 is 17.1 Å². The highest BCUT2D eigenvalue weighted by molar-refractivity contribution is 5.91. The molecule has 1 aromatic rings. The van der Waals surface area contributed by atoms with E-state index < -0.39 is 0 Å². The molecule has 0 unspecified atom stereocenters. The fourth-order valence-corrected chi connectivity index (χ4v) is 4.84. The lowest BCUT2D eigenvalue weighted by Crippen LogP contribution is -2.62. The zero-order valence-electron chi connectivity index (χ0n) is 20.1. The minimum absolute atomic E-state index is 0.0126. The molecule has 0 bridgehead atoms. The van der Waals surface area contributed by atoms with Crippen LogP contribution in [0.2, 0.25) is 0 Å². The predicted molar refractivity (Wildman–Crippen MR) is 133 cm³/mol. The first kappa shape index (κ1) is 23.7. The maximum absolute atomic E-state index is 10.6. The van der Waals surface area contributed by atoms with Gasteiger partial charge in [-0.25, -0.2) is 0 Å². The molecule has 6 N–H and O–H groups in total. The Morgan fingerprint density at radius 3 is 2.44 bits per heavy atom. The Morgan fingerprint density at radius 1 is 1.19 bits per heavy atom. The number of piperidine rings is 1. The van der Waals surface area contributed by atoms with Crippen molar-refractivity contribution in [2.45, 2.75) is 64.6 Å². The number of allylic oxidation sites excluding steroid dienone is 3. The normalized spacial score (nSPS) is 22.9. The van der Waals surface area contributed by atoms with Gasteiger partial charge in [0.05, 0.1) is 0 Å². The summed E-state index contributed by atoms with van der Waals surface area (Å²) in [4.78, 5) is 2.02. The largest absolute Gasteiger partial charge is 0.507 e. The van der Waals surface area contributed by atoms with Crippen molar-refractivity contribution in [3.8, 4) is 5.75 Å². The molecule has 6 nitrogen and oxygen atoms in total. The van der Waals surface area contributed by atoms with Gasteiger partial charge in [0, 0.05) is 47.0 Å². The third-order valence-corrected chi connectivity index (χ3v) is 6.11. The maximum Gasteiger partial charge on any atom is 0.125 e. The number of aromatic hydroxyl groups is 1. The number of nitrogens with one attached hydrogen (secondary N) is 3. The van der Waals surface area contributed by atoms with Crippen molar-refractivity contribution in [1.82, 2.24) is 15.5 Å². The molecule has 3 rings (SSSR count). The van der Waals surface area contributed by atoms with Gasteiger partial charge in [-0.3, -0.25) is 5.41 Å². The highest BCUT2D eigenvalue weighted by atomic mass is 16.3. The summed E-state index contributed by atoms with van der Waals surface area (Å²) in [6.45, 7) is 10.8. The quantitative estimate of drug-likeness (QED) is 0.371. The Hall–Kier alpha value is -2.99. The van der Waals surface area contributed by atoms with Crippen LogP contribution >= 0.6 is 0 Å². The molecular weight excluding hydrogens is 398 g/mol. The van der Waals surface area contributed by atoms with Gasteiger partial charge in [0.15, 0.2) is 0 Å². The Kier molecular flexibility index (Phi) is 6.56. The Balaban J connectivity index is 1.81. The number of nitrogens with zero attached hydrogens (tertiary/aromatic N) is 1. The number of phenolic OH excluding ortho intramolecular Hbond substituents is 1. The predicted octanol–water partition coefficient (Wildman–Crippen LogP) is 2.40. The summed E-state index contributed by atoms with van der Waals surface area (Å²) >= 11 is 0. The van der Waals surface area contributed by atoms with E-state index in [4.69, 9.17) is 11.1 Å². The van der Waals surface area contributed by atoms with Gasteiger partial charge in [-0.1, -0.05) is 6.07 Å². The van der Waals surface area contributed by atoms with Crippen molar-refractivity contribution < 1.29 is 5.11 Å². The topological polar surface area (TPSA) is 97.4 Å². The Bertz CT molecular complexity index is 1090. The van der Waals surface area contributed by atoms with Gasteiger partial charge in [-0.05, 0) is 94.7 Å². The number of likely N-dealkylation sites (N-methyl/N-ethyl adjacent to an activating group) is 1. The molecule has 0 aromatic heterocycles. The molecule has 0 radical (unpaired) electrons. The molecule has 6 heteroatoms. The van der Waals surface area contributed by atoms with Gasteiger partial charge in [-0.2, -0.15) is 0 Å². The summed E-state index contributed by atoms with van der Waals surface area (Å²) in [6.07, 6.45) is 11.2. The number of benzene rings is 1. The number of nitrogens with two attached hydrogens (primary N) is 1. The van der Waals surface area contributed by atoms with Gasteiger partial charge >= 0.3 is 0 Å². The SMILES string of the molecule is CC1=CC(=c2ccc(=C(N)C=CC(=N)N(C)C3CC(C)(C)NC(C)(C)C3)c(O)c2)C=CN1. The minimum atomic E-state index is 0.0126. The summed E-state index contributed by atoms with van der Waals surface area (Å²) in [6, 6.07) is 5.75. The molecule has 2 aliphatic rings. The van der Waals surface area contributed by atoms with Gasteiger partial charge < -0.3 is 26.4 Å². The molecule has 1 fully saturated rings. The number of rotatable bonds is 3. The second-order valence-electron chi connectivity index (χ2n) is 10.2. The lowest BCUT2D eigenvalue weighted by molar-refractivity contribution is 0.114. The molecule has 2 heterocycles. The van der Waals surface area contributed by atoms with E-state index in [0.717, 1.165) is 29.3 Å². The van der Waals surface area contributed by atoms with E-state index in [1.54, 1.807) is 18.2 Å². The van der Waals surface area contributed by atoms with Crippen molar-refractivity contribution in [1.29, 1.82) is 5.41 Å². The summed E-state index contributed by atoms with van der Waals surface area (Å²) in [5.74, 6) is 0.524. The monoisotopic (exact) mass is 435 g/mol. The zero-order valence-corrected chi connectivity index (χ0v) is 20.1. The highest BCUT2D eigenvalue weighted by Gasteiger charge is 2.39. The average molecular weight is 436 g/mol. The third kappa shape index (κ3) is 5.62. The van der Waals surface area contributed by atoms with Crippen LogP contribution in [0.4, 0.5) is 0 Å². The molecule has 0 atom stereocenters. The highest BCUT2D eigenvalue weighted by Crippen LogP contribution is 2.31. The van der Waals surface area contributed by atoms with Crippen LogP contribution in [0.1, 0.15) is 47.5 Å². The average Bonchev–Trinajstić information content (AvgIpc) is 2.68. The Labute approximate surface area is 191 Å². The number of hydrogen-bond acceptors (Lipinski definition) is 5. The lowest BCUT2D eigenvalue weighted by atomic mass is 9.79. The first-order valence-corrected chi connectivity index (χ1v) is 11.1. The standard InChI is InChI=1S/C26H37N5O/c1-17-13-19(11-12-29-17)18-7-8-21(23(32)14-18)22(27)9-10-24(28)31(6)20-15-25(2,3)30-26(4,5)16-20/h7-14,20,28-30,32H,15-16,27H2,1-6H3. The van der Waals surface area contributed by atoms with Crippen molar-refractivity contribution in [2.75, 3.05) is 7.05 Å². The molecule has 1 saturated heterocycles. The first-order valence-electron chi connectivity index (χ1n) is 11.1. The van der Waals surface area contributed by atoms with E-state index in [2.05, 4.69) is 38.3 Å². The second-order valence-corrected chi connectivity index (χ2v) is 10.2. The van der Waals surface area contributed by atoms with Crippen LogP contribution in [0.15, 0.2) is 54.4 Å². The number of dihydropyridines is 1. The minimum Gasteiger partial charge on any atom is -0.507 e. The number of phenols is 1. The van der Waals surface area contributed by atoms with E-state index in [0.29, 0.717) is 16.8 Å². The number of hydrogen-bond donors (Lipinski definition) is 5. The maximum atomic E-state index is 10.6. The van der Waals surface area contributed by atoms with Crippen LogP contribution in [0.25, 0.3) is 11.3 Å². The van der Waals surface area contributed by atoms with Gasteiger partial charge in [0.25, 0.3) is 0 Å². The zero-order chi connectivity index (χ0) is 23.7. The molecule has 1 aromatic carbocycles. The number of amidine groups is 1. The fourth-order valence-electron chi connectivity index (χ4n) is 4.84. The van der Waals surface area contributed by atoms with Gasteiger partial charge in [0.2, 0.25) is 0 Å². The van der Waals surface area contributed by atoms with E-state index in [9.17, 15) is 5.11 Å². The first-order chi connectivity index (χ1) is 14.9. The lowest BCUT2D eigenvalue weighted by Gasteiger charge is -2.49. The second kappa shape index (κ2) is 8.87. The van der Waals surface area contributed by atoms with Crippen LogP contribution in [-0.2, 0) is 0 Å². The fraction of sp³-hybridized carbons (Fsp3) is 0.423. The molecule has 0 amide bonds. The summed E-state index contributed by atoms with van der Waals surface area (Å²) in [7, 11) is 1.97. The van der Waals surface area contributed by atoms with Crippen LogP contribution in [0, 0.1) is 5.41 Å². The molecule has 0 aliphatic carbocycles. The molecule has 172 valence electrons. The van der Waals surface area contributed by atoms with Crippen LogP contribution in [0.3, 0.4) is 0 Å². The van der Waals surface area contributed by atoms with Crippen LogP contribution < -0.4 is 26.8 Å². The van der Waals surface area contributed by atoms with Gasteiger partial charge in [0.1, 0.15) is 11.6 Å². The van der Waals surface area contributed by atoms with Gasteiger partial charge in [-0.15, -0.1) is 0 Å². The molecule has 2 aliphatic heterocycles. The van der Waals surface area contributed by atoms with E-state index >= 15 is 0 Å². The van der Waals surface area contributed by atoms with Crippen LogP contribution in [-0.4, -0.2) is 40.0 Å². The van der Waals surface area contributed by atoms with Crippen molar-refractivity contribution in [3.63, 3.8) is 0 Å². The Morgan fingerprint density at radius 2 is 1.84 bits per heavy atom. The molecular formula is C26H37N5O. The molecule has 0 spiro atoms. The van der Waals surface area contributed by atoms with E-state index in [1.165, 1.54) is 0 Å². The van der Waals surface area contributed by atoms with Crippen molar-refractivity contribution in [3.05, 3.63) is 64.8 Å². The summed E-state index contributed by atoms with van der Waals surface area (Å²) in [5, 5.41) is 27.4. The summed E-state index contributed by atoms with van der Waals surface area (Å²) in [5.41, 5.74) is 8.78. The van der Waals surface area contributed by atoms with Crippen molar-refractivity contribution in [2.24, 2.45) is 5.73 Å². The van der Waals surface area contributed by atoms with E-state index in [-0.39, 0.29) is 22.9 Å².